The second-order valence-electron chi connectivity index (χ2n) is 4.28. The Morgan fingerprint density at radius 2 is 1.89 bits per heavy atom. The molecular weight excluding hydrogens is 300 g/mol. The van der Waals surface area contributed by atoms with Crippen LogP contribution in [0.15, 0.2) is 46.9 Å². The molecule has 0 radical (unpaired) electrons. The van der Waals surface area contributed by atoms with E-state index in [1.807, 2.05) is 24.3 Å². The fourth-order valence-electron chi connectivity index (χ4n) is 2.03. The monoisotopic (exact) mass is 314 g/mol. The van der Waals surface area contributed by atoms with E-state index in [9.17, 15) is 0 Å². The van der Waals surface area contributed by atoms with Crippen LogP contribution in [0.1, 0.15) is 23.6 Å². The van der Waals surface area contributed by atoms with Gasteiger partial charge in [0, 0.05) is 11.0 Å². The van der Waals surface area contributed by atoms with Crippen molar-refractivity contribution in [3.05, 3.63) is 63.6 Å². The molecule has 0 aliphatic carbocycles. The molecule has 1 N–H and O–H groups in total. The molecule has 0 saturated carbocycles. The molecule has 0 bridgehead atoms. The van der Waals surface area contributed by atoms with E-state index in [-0.39, 0.29) is 0 Å². The van der Waals surface area contributed by atoms with Crippen molar-refractivity contribution in [3.8, 4) is 6.07 Å². The van der Waals surface area contributed by atoms with Crippen LogP contribution in [0.5, 0.6) is 0 Å². The molecule has 0 aliphatic rings. The van der Waals surface area contributed by atoms with Gasteiger partial charge in [0.05, 0.1) is 11.3 Å². The first-order valence-electron chi connectivity index (χ1n) is 6.25. The highest BCUT2D eigenvalue weighted by atomic mass is 79.9. The van der Waals surface area contributed by atoms with Gasteiger partial charge < -0.3 is 5.32 Å². The smallest absolute Gasteiger partial charge is 0.101 e. The third-order valence-corrected chi connectivity index (χ3v) is 3.56. The van der Waals surface area contributed by atoms with Gasteiger partial charge in [-0.25, -0.2) is 0 Å². The van der Waals surface area contributed by atoms with Crippen molar-refractivity contribution in [1.29, 1.82) is 5.26 Å². The van der Waals surface area contributed by atoms with Crippen molar-refractivity contribution in [2.75, 3.05) is 5.32 Å². The Morgan fingerprint density at radius 3 is 2.58 bits per heavy atom. The molecule has 2 aromatic carbocycles. The highest BCUT2D eigenvalue weighted by molar-refractivity contribution is 9.10. The molecule has 0 spiro atoms. The number of nitrogens with one attached hydrogen (secondary N) is 1. The molecule has 2 rings (SSSR count). The maximum absolute atomic E-state index is 9.13. The summed E-state index contributed by atoms with van der Waals surface area (Å²) >= 11 is 3.38. The number of hydrogen-bond acceptors (Lipinski definition) is 2. The van der Waals surface area contributed by atoms with Crippen molar-refractivity contribution in [2.24, 2.45) is 0 Å². The van der Waals surface area contributed by atoms with E-state index in [0.29, 0.717) is 5.56 Å². The van der Waals surface area contributed by atoms with Crippen LogP contribution in [0, 0.1) is 11.3 Å². The van der Waals surface area contributed by atoms with Crippen LogP contribution in [0.3, 0.4) is 0 Å². The zero-order chi connectivity index (χ0) is 13.7. The zero-order valence-electron chi connectivity index (χ0n) is 10.8. The molecule has 96 valence electrons. The van der Waals surface area contributed by atoms with Crippen molar-refractivity contribution in [2.45, 2.75) is 19.9 Å². The lowest BCUT2D eigenvalue weighted by molar-refractivity contribution is 1.04. The maximum atomic E-state index is 9.13. The summed E-state index contributed by atoms with van der Waals surface area (Å²) in [6.07, 6.45) is 1.02. The molecule has 2 aromatic rings. The minimum absolute atomic E-state index is 0.656. The van der Waals surface area contributed by atoms with Crippen LogP contribution in [0.2, 0.25) is 0 Å². The number of hydrogen-bond donors (Lipinski definition) is 1. The summed E-state index contributed by atoms with van der Waals surface area (Å²) < 4.78 is 0.920. The Kier molecular flexibility index (Phi) is 4.59. The van der Waals surface area contributed by atoms with Crippen LogP contribution >= 0.6 is 15.9 Å². The summed E-state index contributed by atoms with van der Waals surface area (Å²) in [5.74, 6) is 0. The molecule has 0 fully saturated rings. The lowest BCUT2D eigenvalue weighted by Gasteiger charge is -2.11. The average molecular weight is 315 g/mol. The Morgan fingerprint density at radius 1 is 1.16 bits per heavy atom. The van der Waals surface area contributed by atoms with Gasteiger partial charge in [0.2, 0.25) is 0 Å². The third kappa shape index (κ3) is 3.36. The third-order valence-electron chi connectivity index (χ3n) is 3.07. The molecule has 2 nitrogen and oxygen atoms in total. The first kappa shape index (κ1) is 13.6. The second-order valence-corrected chi connectivity index (χ2v) is 5.19. The molecule has 0 heterocycles. The fourth-order valence-corrected chi connectivity index (χ4v) is 2.39. The van der Waals surface area contributed by atoms with Gasteiger partial charge in [-0.3, -0.25) is 0 Å². The second kappa shape index (κ2) is 6.40. The number of rotatable bonds is 4. The van der Waals surface area contributed by atoms with Gasteiger partial charge in [-0.2, -0.15) is 5.26 Å². The highest BCUT2D eigenvalue weighted by Crippen LogP contribution is 2.21. The summed E-state index contributed by atoms with van der Waals surface area (Å²) in [7, 11) is 0. The fraction of sp³-hybridized carbons (Fsp3) is 0.188. The molecule has 0 aliphatic heterocycles. The number of nitrogens with zero attached hydrogens (tertiary/aromatic N) is 1. The quantitative estimate of drug-likeness (QED) is 0.902. The van der Waals surface area contributed by atoms with Crippen LogP contribution in [0.4, 0.5) is 5.69 Å². The molecule has 0 unspecified atom stereocenters. The summed E-state index contributed by atoms with van der Waals surface area (Å²) in [4.78, 5) is 0. The van der Waals surface area contributed by atoms with Gasteiger partial charge in [-0.05, 0) is 35.7 Å². The number of nitriles is 1. The predicted octanol–water partition coefficient (Wildman–Crippen LogP) is 4.50. The molecule has 0 saturated heterocycles. The summed E-state index contributed by atoms with van der Waals surface area (Å²) in [5, 5.41) is 12.5. The predicted molar refractivity (Wildman–Crippen MR) is 82.0 cm³/mol. The first-order chi connectivity index (χ1) is 9.24. The summed E-state index contributed by atoms with van der Waals surface area (Å²) in [6.45, 7) is 2.89. The van der Waals surface area contributed by atoms with Crippen molar-refractivity contribution in [1.82, 2.24) is 0 Å². The van der Waals surface area contributed by atoms with Gasteiger partial charge in [0.1, 0.15) is 6.07 Å². The van der Waals surface area contributed by atoms with Gasteiger partial charge in [0.25, 0.3) is 0 Å². The van der Waals surface area contributed by atoms with Gasteiger partial charge in [-0.15, -0.1) is 0 Å². The minimum Gasteiger partial charge on any atom is -0.380 e. The number of halogens is 1. The van der Waals surface area contributed by atoms with E-state index < -0.39 is 0 Å². The molecule has 0 aromatic heterocycles. The normalized spacial score (nSPS) is 9.95. The van der Waals surface area contributed by atoms with Crippen molar-refractivity contribution >= 4 is 21.6 Å². The Balaban J connectivity index is 2.17. The van der Waals surface area contributed by atoms with Crippen LogP contribution in [-0.2, 0) is 13.0 Å². The molecule has 0 amide bonds. The number of anilines is 1. The first-order valence-corrected chi connectivity index (χ1v) is 7.04. The SMILES string of the molecule is CCc1ccccc1CNc1ccc(Br)cc1C#N. The van der Waals surface area contributed by atoms with E-state index in [2.05, 4.69) is 52.4 Å². The number of benzene rings is 2. The van der Waals surface area contributed by atoms with Crippen LogP contribution in [-0.4, -0.2) is 0 Å². The van der Waals surface area contributed by atoms with E-state index in [0.717, 1.165) is 23.1 Å². The Hall–Kier alpha value is -1.79. The Bertz CT molecular complexity index is 614. The summed E-state index contributed by atoms with van der Waals surface area (Å²) in [6, 6.07) is 16.3. The largest absolute Gasteiger partial charge is 0.380 e. The Labute approximate surface area is 122 Å². The molecule has 0 atom stereocenters. The summed E-state index contributed by atoms with van der Waals surface area (Å²) in [5.41, 5.74) is 4.14. The lowest BCUT2D eigenvalue weighted by atomic mass is 10.1. The van der Waals surface area contributed by atoms with E-state index >= 15 is 0 Å². The number of aryl methyl sites for hydroxylation is 1. The topological polar surface area (TPSA) is 35.8 Å². The standard InChI is InChI=1S/C16H15BrN2/c1-2-12-5-3-4-6-13(12)11-19-16-8-7-15(17)9-14(16)10-18/h3-9,19H,2,11H2,1H3. The highest BCUT2D eigenvalue weighted by Gasteiger charge is 2.04. The zero-order valence-corrected chi connectivity index (χ0v) is 12.4. The minimum atomic E-state index is 0.656. The lowest BCUT2D eigenvalue weighted by Crippen LogP contribution is -2.03. The molecule has 19 heavy (non-hydrogen) atoms. The van der Waals surface area contributed by atoms with Crippen LogP contribution in [0.25, 0.3) is 0 Å². The van der Waals surface area contributed by atoms with Crippen LogP contribution < -0.4 is 5.32 Å². The van der Waals surface area contributed by atoms with Crippen molar-refractivity contribution in [3.63, 3.8) is 0 Å². The molecule has 3 heteroatoms. The molecular formula is C16H15BrN2. The van der Waals surface area contributed by atoms with Gasteiger partial charge in [-0.1, -0.05) is 47.1 Å². The van der Waals surface area contributed by atoms with E-state index in [4.69, 9.17) is 5.26 Å². The van der Waals surface area contributed by atoms with Gasteiger partial charge in [0.15, 0.2) is 0 Å². The van der Waals surface area contributed by atoms with Crippen molar-refractivity contribution < 1.29 is 0 Å². The average Bonchev–Trinajstić information content (AvgIpc) is 2.46. The van der Waals surface area contributed by atoms with Gasteiger partial charge >= 0.3 is 0 Å². The van der Waals surface area contributed by atoms with E-state index in [1.165, 1.54) is 11.1 Å². The maximum Gasteiger partial charge on any atom is 0.101 e. The van der Waals surface area contributed by atoms with E-state index in [1.54, 1.807) is 0 Å².